The van der Waals surface area contributed by atoms with E-state index >= 15 is 0 Å². The first-order chi connectivity index (χ1) is 7.54. The van der Waals surface area contributed by atoms with Crippen molar-refractivity contribution in [3.63, 3.8) is 0 Å². The summed E-state index contributed by atoms with van der Waals surface area (Å²) in [6, 6.07) is 1.01. The summed E-state index contributed by atoms with van der Waals surface area (Å²) >= 11 is 0. The monoisotopic (exact) mass is 227 g/mol. The minimum Gasteiger partial charge on any atom is -0.327 e. The lowest BCUT2D eigenvalue weighted by molar-refractivity contribution is 0.0992. The number of likely N-dealkylation sites (N-methyl/N-ethyl adjacent to an activating group) is 2. The Kier molecular flexibility index (Phi) is 5.73. The normalized spacial score (nSPS) is 27.9. The van der Waals surface area contributed by atoms with Crippen molar-refractivity contribution in [2.45, 2.75) is 45.2 Å². The van der Waals surface area contributed by atoms with Gasteiger partial charge in [0.25, 0.3) is 0 Å². The van der Waals surface area contributed by atoms with Crippen molar-refractivity contribution in [1.29, 1.82) is 0 Å². The van der Waals surface area contributed by atoms with Gasteiger partial charge in [-0.25, -0.2) is 0 Å². The molecule has 0 saturated carbocycles. The third-order valence-electron chi connectivity index (χ3n) is 4.00. The molecule has 2 N–H and O–H groups in total. The maximum Gasteiger partial charge on any atom is 0.0235 e. The van der Waals surface area contributed by atoms with E-state index in [0.29, 0.717) is 18.0 Å². The van der Waals surface area contributed by atoms with Gasteiger partial charge in [-0.1, -0.05) is 20.3 Å². The van der Waals surface area contributed by atoms with Crippen LogP contribution in [-0.2, 0) is 0 Å². The Hall–Kier alpha value is -0.120. The molecule has 96 valence electrons. The van der Waals surface area contributed by atoms with E-state index < -0.39 is 0 Å². The van der Waals surface area contributed by atoms with Crippen LogP contribution in [0, 0.1) is 5.92 Å². The predicted molar refractivity (Wildman–Crippen MR) is 70.6 cm³/mol. The van der Waals surface area contributed by atoms with Gasteiger partial charge in [-0.15, -0.1) is 0 Å². The van der Waals surface area contributed by atoms with Gasteiger partial charge < -0.3 is 15.5 Å². The van der Waals surface area contributed by atoms with Crippen LogP contribution in [0.25, 0.3) is 0 Å². The van der Waals surface area contributed by atoms with Gasteiger partial charge in [0.1, 0.15) is 0 Å². The van der Waals surface area contributed by atoms with E-state index in [0.717, 1.165) is 6.42 Å². The molecule has 1 aliphatic heterocycles. The molecular formula is C13H29N3. The minimum atomic E-state index is 0.360. The summed E-state index contributed by atoms with van der Waals surface area (Å²) in [5, 5.41) is 0. The average molecular weight is 227 g/mol. The molecule has 3 heteroatoms. The first-order valence-electron chi connectivity index (χ1n) is 6.69. The van der Waals surface area contributed by atoms with Gasteiger partial charge in [0, 0.05) is 31.7 Å². The van der Waals surface area contributed by atoms with Crippen LogP contribution in [-0.4, -0.2) is 55.6 Å². The molecule has 3 atom stereocenters. The fourth-order valence-corrected chi connectivity index (χ4v) is 2.57. The van der Waals surface area contributed by atoms with Crippen molar-refractivity contribution in [3.8, 4) is 0 Å². The molecule has 0 amide bonds. The molecule has 0 aromatic carbocycles. The molecule has 0 aromatic rings. The standard InChI is InChI=1S/C13H29N3/c1-5-6-11(2)13(14)9-12-10-15(3)7-8-16(12)4/h11-13H,5-10,14H2,1-4H3. The second kappa shape index (κ2) is 6.58. The molecule has 1 saturated heterocycles. The lowest BCUT2D eigenvalue weighted by Crippen LogP contribution is -2.52. The maximum atomic E-state index is 6.30. The maximum absolute atomic E-state index is 6.30. The Morgan fingerprint density at radius 3 is 2.62 bits per heavy atom. The van der Waals surface area contributed by atoms with Crippen molar-refractivity contribution >= 4 is 0 Å². The number of hydrogen-bond donors (Lipinski definition) is 1. The van der Waals surface area contributed by atoms with Crippen molar-refractivity contribution in [2.75, 3.05) is 33.7 Å². The van der Waals surface area contributed by atoms with Crippen LogP contribution in [0.4, 0.5) is 0 Å². The lowest BCUT2D eigenvalue weighted by Gasteiger charge is -2.39. The van der Waals surface area contributed by atoms with Gasteiger partial charge in [-0.05, 0) is 32.9 Å². The average Bonchev–Trinajstić information content (AvgIpc) is 2.23. The zero-order valence-corrected chi connectivity index (χ0v) is 11.4. The summed E-state index contributed by atoms with van der Waals surface area (Å²) in [5.41, 5.74) is 6.30. The van der Waals surface area contributed by atoms with Crippen LogP contribution >= 0.6 is 0 Å². The van der Waals surface area contributed by atoms with E-state index in [1.807, 2.05) is 0 Å². The molecule has 1 heterocycles. The highest BCUT2D eigenvalue weighted by molar-refractivity contribution is 4.83. The van der Waals surface area contributed by atoms with Crippen LogP contribution in [0.3, 0.4) is 0 Å². The molecule has 1 fully saturated rings. The zero-order valence-electron chi connectivity index (χ0n) is 11.4. The first-order valence-corrected chi connectivity index (χ1v) is 6.69. The molecular weight excluding hydrogens is 198 g/mol. The van der Waals surface area contributed by atoms with Crippen LogP contribution in [0.2, 0.25) is 0 Å². The number of rotatable bonds is 5. The molecule has 1 rings (SSSR count). The molecule has 0 aromatic heterocycles. The minimum absolute atomic E-state index is 0.360. The molecule has 0 bridgehead atoms. The zero-order chi connectivity index (χ0) is 12.1. The summed E-state index contributed by atoms with van der Waals surface area (Å²) in [6.07, 6.45) is 3.64. The number of hydrogen-bond acceptors (Lipinski definition) is 3. The van der Waals surface area contributed by atoms with E-state index in [1.54, 1.807) is 0 Å². The summed E-state index contributed by atoms with van der Waals surface area (Å²) < 4.78 is 0. The summed E-state index contributed by atoms with van der Waals surface area (Å²) in [7, 11) is 4.44. The van der Waals surface area contributed by atoms with E-state index in [9.17, 15) is 0 Å². The van der Waals surface area contributed by atoms with E-state index in [-0.39, 0.29) is 0 Å². The van der Waals surface area contributed by atoms with Crippen LogP contribution in [0.15, 0.2) is 0 Å². The highest BCUT2D eigenvalue weighted by atomic mass is 15.3. The summed E-state index contributed by atoms with van der Waals surface area (Å²) in [5.74, 6) is 0.658. The van der Waals surface area contributed by atoms with Gasteiger partial charge in [0.05, 0.1) is 0 Å². The largest absolute Gasteiger partial charge is 0.327 e. The Morgan fingerprint density at radius 2 is 2.00 bits per heavy atom. The van der Waals surface area contributed by atoms with Crippen LogP contribution in [0.5, 0.6) is 0 Å². The first kappa shape index (κ1) is 13.9. The van der Waals surface area contributed by atoms with Gasteiger partial charge in [-0.3, -0.25) is 0 Å². The second-order valence-corrected chi connectivity index (χ2v) is 5.56. The van der Waals surface area contributed by atoms with Crippen molar-refractivity contribution in [1.82, 2.24) is 9.80 Å². The van der Waals surface area contributed by atoms with Gasteiger partial charge >= 0.3 is 0 Å². The predicted octanol–water partition coefficient (Wildman–Crippen LogP) is 1.39. The molecule has 16 heavy (non-hydrogen) atoms. The number of nitrogens with zero attached hydrogens (tertiary/aromatic N) is 2. The fourth-order valence-electron chi connectivity index (χ4n) is 2.57. The third-order valence-corrected chi connectivity index (χ3v) is 4.00. The van der Waals surface area contributed by atoms with Gasteiger partial charge in [-0.2, -0.15) is 0 Å². The fraction of sp³-hybridized carbons (Fsp3) is 1.00. The van der Waals surface area contributed by atoms with E-state index in [4.69, 9.17) is 5.73 Å². The quantitative estimate of drug-likeness (QED) is 0.770. The number of nitrogens with two attached hydrogens (primary N) is 1. The molecule has 0 radical (unpaired) electrons. The Morgan fingerprint density at radius 1 is 1.31 bits per heavy atom. The van der Waals surface area contributed by atoms with Gasteiger partial charge in [0.2, 0.25) is 0 Å². The van der Waals surface area contributed by atoms with Crippen molar-refractivity contribution in [3.05, 3.63) is 0 Å². The molecule has 3 unspecified atom stereocenters. The van der Waals surface area contributed by atoms with Crippen LogP contribution < -0.4 is 5.73 Å². The molecule has 3 nitrogen and oxygen atoms in total. The SMILES string of the molecule is CCCC(C)C(N)CC1CN(C)CCN1C. The topological polar surface area (TPSA) is 32.5 Å². The van der Waals surface area contributed by atoms with Crippen molar-refractivity contribution in [2.24, 2.45) is 11.7 Å². The Bertz CT molecular complexity index is 196. The number of piperazine rings is 1. The molecule has 0 spiro atoms. The van der Waals surface area contributed by atoms with E-state index in [1.165, 1.54) is 32.5 Å². The molecule has 1 aliphatic rings. The Balaban J connectivity index is 2.39. The van der Waals surface area contributed by atoms with Gasteiger partial charge in [0.15, 0.2) is 0 Å². The highest BCUT2D eigenvalue weighted by Gasteiger charge is 2.25. The highest BCUT2D eigenvalue weighted by Crippen LogP contribution is 2.17. The summed E-state index contributed by atoms with van der Waals surface area (Å²) in [4.78, 5) is 4.89. The van der Waals surface area contributed by atoms with Crippen LogP contribution in [0.1, 0.15) is 33.1 Å². The third kappa shape index (κ3) is 4.04. The molecule has 0 aliphatic carbocycles. The van der Waals surface area contributed by atoms with Crippen molar-refractivity contribution < 1.29 is 0 Å². The van der Waals surface area contributed by atoms with E-state index in [2.05, 4.69) is 37.7 Å². The summed E-state index contributed by atoms with van der Waals surface area (Å²) in [6.45, 7) is 8.07. The second-order valence-electron chi connectivity index (χ2n) is 5.56. The Labute approximate surface area is 101 Å². The lowest BCUT2D eigenvalue weighted by atomic mass is 9.91. The smallest absolute Gasteiger partial charge is 0.0235 e.